The van der Waals surface area contributed by atoms with Crippen LogP contribution in [-0.4, -0.2) is 37.1 Å². The molecular weight excluding hydrogens is 262 g/mol. The first-order chi connectivity index (χ1) is 9.06. The van der Waals surface area contributed by atoms with Crippen LogP contribution in [0.25, 0.3) is 0 Å². The molecule has 0 spiro atoms. The number of methoxy groups -OCH3 is 1. The number of rotatable bonds is 6. The van der Waals surface area contributed by atoms with E-state index in [-0.39, 0.29) is 0 Å². The first-order valence-electron chi connectivity index (χ1n) is 6.45. The van der Waals surface area contributed by atoms with Gasteiger partial charge in [0.2, 0.25) is 0 Å². The second kappa shape index (κ2) is 7.89. The van der Waals surface area contributed by atoms with E-state index in [0.29, 0.717) is 13.0 Å². The largest absolute Gasteiger partial charge is 0.466 e. The van der Waals surface area contributed by atoms with Crippen molar-refractivity contribution < 1.29 is 23.8 Å². The van der Waals surface area contributed by atoms with Crippen molar-refractivity contribution in [3.63, 3.8) is 0 Å². The number of hydrogen-bond donors (Lipinski definition) is 1. The minimum atomic E-state index is -0.846. The summed E-state index contributed by atoms with van der Waals surface area (Å²) >= 11 is 0. The number of amides is 1. The van der Waals surface area contributed by atoms with Crippen LogP contribution >= 0.6 is 0 Å². The van der Waals surface area contributed by atoms with Gasteiger partial charge in [0.05, 0.1) is 13.7 Å². The molecule has 0 heterocycles. The van der Waals surface area contributed by atoms with Crippen LogP contribution in [0.2, 0.25) is 0 Å². The summed E-state index contributed by atoms with van der Waals surface area (Å²) < 4.78 is 15.1. The Morgan fingerprint density at radius 2 is 1.75 bits per heavy atom. The highest BCUT2D eigenvalue weighted by Crippen LogP contribution is 2.10. The van der Waals surface area contributed by atoms with Gasteiger partial charge in [0.1, 0.15) is 11.3 Å². The van der Waals surface area contributed by atoms with E-state index in [1.54, 1.807) is 40.7 Å². The molecule has 0 rings (SSSR count). The van der Waals surface area contributed by atoms with E-state index in [1.807, 2.05) is 0 Å². The van der Waals surface area contributed by atoms with Crippen LogP contribution in [0.3, 0.4) is 0 Å². The van der Waals surface area contributed by atoms with Crippen molar-refractivity contribution >= 4 is 12.1 Å². The van der Waals surface area contributed by atoms with Crippen LogP contribution in [0.1, 0.15) is 41.0 Å². The lowest BCUT2D eigenvalue weighted by Gasteiger charge is -2.28. The maximum atomic E-state index is 11.6. The maximum Gasteiger partial charge on any atom is 0.409 e. The highest BCUT2D eigenvalue weighted by molar-refractivity contribution is 5.81. The quantitative estimate of drug-likeness (QED) is 0.351. The highest BCUT2D eigenvalue weighted by Gasteiger charge is 2.24. The van der Waals surface area contributed by atoms with Gasteiger partial charge < -0.3 is 14.2 Å². The van der Waals surface area contributed by atoms with E-state index in [9.17, 15) is 9.59 Å². The molecule has 0 aromatic carbocycles. The van der Waals surface area contributed by atoms with Gasteiger partial charge in [-0.2, -0.15) is 0 Å². The van der Waals surface area contributed by atoms with Gasteiger partial charge in [0.25, 0.3) is 0 Å². The average Bonchev–Trinajstić information content (AvgIpc) is 2.24. The minimum absolute atomic E-state index is 0.357. The lowest BCUT2D eigenvalue weighted by molar-refractivity contribution is -0.134. The van der Waals surface area contributed by atoms with Crippen molar-refractivity contribution in [3.05, 3.63) is 12.2 Å². The summed E-state index contributed by atoms with van der Waals surface area (Å²) in [6, 6.07) is 0. The van der Waals surface area contributed by atoms with Crippen LogP contribution in [0.4, 0.5) is 4.79 Å². The fourth-order valence-corrected chi connectivity index (χ4v) is 1.22. The standard InChI is InChI=1S/C14H25NO5/c1-13(2,3)20-12(17)15-14(4,5)19-10-8-7-9-11(16)18-6/h7,9H,8,10H2,1-6H3,(H,15,17)/b9-7+. The predicted molar refractivity (Wildman–Crippen MR) is 75.2 cm³/mol. The summed E-state index contributed by atoms with van der Waals surface area (Å²) in [5.41, 5.74) is -1.40. The Labute approximate surface area is 120 Å². The second-order valence-electron chi connectivity index (χ2n) is 5.70. The average molecular weight is 287 g/mol. The van der Waals surface area contributed by atoms with Crippen LogP contribution in [0, 0.1) is 0 Å². The number of hydrogen-bond acceptors (Lipinski definition) is 5. The molecule has 0 saturated heterocycles. The van der Waals surface area contributed by atoms with Crippen molar-refractivity contribution in [2.24, 2.45) is 0 Å². The lowest BCUT2D eigenvalue weighted by atomic mass is 10.2. The molecule has 1 amide bonds. The molecule has 0 aliphatic carbocycles. The molecule has 0 fully saturated rings. The third kappa shape index (κ3) is 10.4. The maximum absolute atomic E-state index is 11.6. The summed E-state index contributed by atoms with van der Waals surface area (Å²) in [5.74, 6) is -0.406. The van der Waals surface area contributed by atoms with Crippen LogP contribution in [-0.2, 0) is 19.0 Å². The molecule has 0 aliphatic heterocycles. The zero-order valence-corrected chi connectivity index (χ0v) is 13.1. The Balaban J connectivity index is 4.04. The van der Waals surface area contributed by atoms with E-state index in [0.717, 1.165) is 0 Å². The molecule has 0 bridgehead atoms. The van der Waals surface area contributed by atoms with Crippen LogP contribution in [0.15, 0.2) is 12.2 Å². The van der Waals surface area contributed by atoms with E-state index in [2.05, 4.69) is 10.1 Å². The van der Waals surface area contributed by atoms with Gasteiger partial charge in [-0.1, -0.05) is 6.08 Å². The fraction of sp³-hybridized carbons (Fsp3) is 0.714. The van der Waals surface area contributed by atoms with E-state index in [4.69, 9.17) is 9.47 Å². The minimum Gasteiger partial charge on any atom is -0.466 e. The number of carbonyl (C=O) groups is 2. The Morgan fingerprint density at radius 1 is 1.15 bits per heavy atom. The smallest absolute Gasteiger partial charge is 0.409 e. The van der Waals surface area contributed by atoms with E-state index >= 15 is 0 Å². The first kappa shape index (κ1) is 18.4. The van der Waals surface area contributed by atoms with Gasteiger partial charge in [-0.3, -0.25) is 5.32 Å². The molecule has 0 aromatic heterocycles. The summed E-state index contributed by atoms with van der Waals surface area (Å²) in [6.07, 6.45) is 2.98. The van der Waals surface area contributed by atoms with Gasteiger partial charge in [-0.15, -0.1) is 0 Å². The SMILES string of the molecule is COC(=O)/C=C/CCOC(C)(C)NC(=O)OC(C)(C)C. The van der Waals surface area contributed by atoms with E-state index < -0.39 is 23.4 Å². The van der Waals surface area contributed by atoms with Crippen molar-refractivity contribution in [2.75, 3.05) is 13.7 Å². The zero-order valence-electron chi connectivity index (χ0n) is 13.1. The summed E-state index contributed by atoms with van der Waals surface area (Å²) in [7, 11) is 1.32. The number of nitrogens with one attached hydrogen (secondary N) is 1. The molecule has 0 unspecified atom stereocenters. The Hall–Kier alpha value is -1.56. The van der Waals surface area contributed by atoms with Gasteiger partial charge in [-0.05, 0) is 41.0 Å². The summed E-state index contributed by atoms with van der Waals surface area (Å²) in [6.45, 7) is 9.17. The summed E-state index contributed by atoms with van der Waals surface area (Å²) in [4.78, 5) is 22.4. The molecule has 0 radical (unpaired) electrons. The topological polar surface area (TPSA) is 73.9 Å². The number of alkyl carbamates (subject to hydrolysis) is 1. The fourth-order valence-electron chi connectivity index (χ4n) is 1.22. The van der Waals surface area contributed by atoms with E-state index in [1.165, 1.54) is 13.2 Å². The Morgan fingerprint density at radius 3 is 2.25 bits per heavy atom. The van der Waals surface area contributed by atoms with Crippen LogP contribution < -0.4 is 5.32 Å². The molecule has 0 saturated carbocycles. The molecule has 0 atom stereocenters. The van der Waals surface area contributed by atoms with Crippen molar-refractivity contribution in [1.29, 1.82) is 0 Å². The molecule has 0 aliphatic rings. The van der Waals surface area contributed by atoms with Crippen molar-refractivity contribution in [3.8, 4) is 0 Å². The monoisotopic (exact) mass is 287 g/mol. The third-order valence-corrected chi connectivity index (χ3v) is 2.00. The Bertz CT molecular complexity index is 355. The molecule has 6 nitrogen and oxygen atoms in total. The van der Waals surface area contributed by atoms with Crippen LogP contribution in [0.5, 0.6) is 0 Å². The molecular formula is C14H25NO5. The molecule has 20 heavy (non-hydrogen) atoms. The van der Waals surface area contributed by atoms with Crippen molar-refractivity contribution in [1.82, 2.24) is 5.32 Å². The second-order valence-corrected chi connectivity index (χ2v) is 5.70. The molecule has 1 N–H and O–H groups in total. The Kier molecular flexibility index (Phi) is 7.28. The van der Waals surface area contributed by atoms with Gasteiger partial charge in [0, 0.05) is 6.08 Å². The van der Waals surface area contributed by atoms with Crippen molar-refractivity contribution in [2.45, 2.75) is 52.4 Å². The first-order valence-corrected chi connectivity index (χ1v) is 6.45. The number of carbonyl (C=O) groups excluding carboxylic acids is 2. The highest BCUT2D eigenvalue weighted by atomic mass is 16.6. The van der Waals surface area contributed by atoms with Gasteiger partial charge in [0.15, 0.2) is 0 Å². The number of ether oxygens (including phenoxy) is 3. The molecule has 0 aromatic rings. The molecule has 116 valence electrons. The zero-order chi connectivity index (χ0) is 15.8. The van der Waals surface area contributed by atoms with Gasteiger partial charge in [-0.25, -0.2) is 9.59 Å². The summed E-state index contributed by atoms with van der Waals surface area (Å²) in [5, 5.41) is 2.62. The normalized spacial score (nSPS) is 12.3. The van der Waals surface area contributed by atoms with Gasteiger partial charge >= 0.3 is 12.1 Å². The predicted octanol–water partition coefficient (Wildman–Crippen LogP) is 2.38. The lowest BCUT2D eigenvalue weighted by Crippen LogP contribution is -2.47. The number of esters is 1. The third-order valence-electron chi connectivity index (χ3n) is 2.00. The molecule has 6 heteroatoms.